The van der Waals surface area contributed by atoms with Crippen molar-refractivity contribution >= 4 is 29.1 Å². The van der Waals surface area contributed by atoms with E-state index in [0.717, 1.165) is 6.07 Å². The molecule has 2 amide bonds. The summed E-state index contributed by atoms with van der Waals surface area (Å²) in [6.07, 6.45) is -0.996. The molecule has 0 spiro atoms. The Bertz CT molecular complexity index is 797. The monoisotopic (exact) mass is 334 g/mol. The quantitative estimate of drug-likeness (QED) is 0.916. The molecule has 0 saturated carbocycles. The second-order valence-electron chi connectivity index (χ2n) is 5.02. The largest absolute Gasteiger partial charge is 0.477 e. The highest BCUT2D eigenvalue weighted by molar-refractivity contribution is 6.30. The zero-order valence-corrected chi connectivity index (χ0v) is 12.6. The minimum atomic E-state index is -0.996. The number of carbonyl (C=O) groups is 2. The first-order valence-electron chi connectivity index (χ1n) is 6.79. The van der Waals surface area contributed by atoms with Gasteiger partial charge in [-0.1, -0.05) is 23.7 Å². The van der Waals surface area contributed by atoms with Gasteiger partial charge >= 0.3 is 0 Å². The predicted molar refractivity (Wildman–Crippen MR) is 83.1 cm³/mol. The van der Waals surface area contributed by atoms with Gasteiger partial charge < -0.3 is 15.4 Å². The fourth-order valence-electron chi connectivity index (χ4n) is 2.38. The predicted octanol–water partition coefficient (Wildman–Crippen LogP) is 2.37. The molecule has 3 rings (SSSR count). The molecular weight excluding hydrogens is 323 g/mol. The molecule has 23 heavy (non-hydrogen) atoms. The van der Waals surface area contributed by atoms with Gasteiger partial charge in [0.15, 0.2) is 6.10 Å². The lowest BCUT2D eigenvalue weighted by molar-refractivity contribution is -0.124. The highest BCUT2D eigenvalue weighted by Gasteiger charge is 2.33. The number of ether oxygens (including phenoxy) is 1. The van der Waals surface area contributed by atoms with Crippen LogP contribution in [-0.2, 0) is 4.79 Å². The summed E-state index contributed by atoms with van der Waals surface area (Å²) in [6.45, 7) is -0.0900. The van der Waals surface area contributed by atoms with Crippen molar-refractivity contribution in [2.24, 2.45) is 5.73 Å². The molecule has 2 N–H and O–H groups in total. The van der Waals surface area contributed by atoms with E-state index < -0.39 is 23.7 Å². The summed E-state index contributed by atoms with van der Waals surface area (Å²) in [5.74, 6) is -1.69. The number of nitrogens with two attached hydrogens (primary N) is 1. The van der Waals surface area contributed by atoms with E-state index in [9.17, 15) is 14.0 Å². The first-order chi connectivity index (χ1) is 11.0. The molecule has 0 aromatic heterocycles. The zero-order chi connectivity index (χ0) is 16.6. The average Bonchev–Trinajstić information content (AvgIpc) is 2.53. The highest BCUT2D eigenvalue weighted by Crippen LogP contribution is 2.34. The van der Waals surface area contributed by atoms with E-state index in [1.165, 1.54) is 17.0 Å². The number of amides is 2. The maximum Gasteiger partial charge on any atom is 0.261 e. The third-order valence-electron chi connectivity index (χ3n) is 3.50. The Hall–Kier alpha value is -2.60. The average molecular weight is 335 g/mol. The van der Waals surface area contributed by atoms with Gasteiger partial charge in [-0.05, 0) is 30.3 Å². The molecule has 0 radical (unpaired) electrons. The lowest BCUT2D eigenvalue weighted by atomic mass is 10.1. The van der Waals surface area contributed by atoms with Crippen LogP contribution >= 0.6 is 11.6 Å². The summed E-state index contributed by atoms with van der Waals surface area (Å²) in [4.78, 5) is 25.4. The molecule has 2 aromatic carbocycles. The summed E-state index contributed by atoms with van der Waals surface area (Å²) in [5, 5.41) is 0.191. The molecular formula is C16H12ClFN2O3. The number of benzene rings is 2. The van der Waals surface area contributed by atoms with Crippen molar-refractivity contribution in [3.8, 4) is 5.75 Å². The summed E-state index contributed by atoms with van der Waals surface area (Å²) in [6, 6.07) is 10.5. The Labute approximate surface area is 136 Å². The number of rotatable bonds is 2. The number of fused-ring (bicyclic) bond motifs is 1. The first-order valence-corrected chi connectivity index (χ1v) is 7.17. The zero-order valence-electron chi connectivity index (χ0n) is 11.8. The van der Waals surface area contributed by atoms with Gasteiger partial charge in [-0.25, -0.2) is 4.39 Å². The van der Waals surface area contributed by atoms with Crippen LogP contribution in [0.2, 0.25) is 5.02 Å². The molecule has 0 saturated heterocycles. The van der Waals surface area contributed by atoms with Gasteiger partial charge in [0.1, 0.15) is 11.6 Å². The third-order valence-corrected chi connectivity index (χ3v) is 3.73. The smallest absolute Gasteiger partial charge is 0.261 e. The van der Waals surface area contributed by atoms with Gasteiger partial charge in [0.25, 0.3) is 11.8 Å². The minimum Gasteiger partial charge on any atom is -0.477 e. The van der Waals surface area contributed by atoms with Gasteiger partial charge in [0.05, 0.1) is 17.8 Å². The Morgan fingerprint density at radius 2 is 2.00 bits per heavy atom. The topological polar surface area (TPSA) is 72.6 Å². The molecule has 5 nitrogen and oxygen atoms in total. The lowest BCUT2D eigenvalue weighted by Crippen LogP contribution is -2.49. The van der Waals surface area contributed by atoms with Crippen molar-refractivity contribution in [3.05, 3.63) is 58.9 Å². The summed E-state index contributed by atoms with van der Waals surface area (Å²) < 4.78 is 19.5. The van der Waals surface area contributed by atoms with E-state index in [1.54, 1.807) is 24.3 Å². The Morgan fingerprint density at radius 3 is 2.70 bits per heavy atom. The van der Waals surface area contributed by atoms with Crippen molar-refractivity contribution in [1.29, 1.82) is 0 Å². The number of hydrogen-bond donors (Lipinski definition) is 1. The van der Waals surface area contributed by atoms with Crippen molar-refractivity contribution in [2.45, 2.75) is 6.10 Å². The van der Waals surface area contributed by atoms with Crippen molar-refractivity contribution in [3.63, 3.8) is 0 Å². The molecule has 1 atom stereocenters. The van der Waals surface area contributed by atoms with E-state index in [1.807, 2.05) is 0 Å². The van der Waals surface area contributed by atoms with Crippen LogP contribution in [0.25, 0.3) is 0 Å². The normalized spacial score (nSPS) is 16.4. The van der Waals surface area contributed by atoms with Crippen LogP contribution in [0, 0.1) is 5.82 Å². The number of nitrogens with zero attached hydrogens (tertiary/aromatic N) is 1. The molecule has 1 aliphatic rings. The number of hydrogen-bond acceptors (Lipinski definition) is 3. The van der Waals surface area contributed by atoms with E-state index in [-0.39, 0.29) is 17.1 Å². The molecule has 118 valence electrons. The van der Waals surface area contributed by atoms with Crippen LogP contribution in [0.3, 0.4) is 0 Å². The molecule has 0 aliphatic carbocycles. The molecule has 0 bridgehead atoms. The molecule has 0 unspecified atom stereocenters. The molecule has 1 heterocycles. The number of carbonyl (C=O) groups excluding carboxylic acids is 2. The maximum atomic E-state index is 14.0. The van der Waals surface area contributed by atoms with Crippen molar-refractivity contribution in [2.75, 3.05) is 11.4 Å². The molecule has 2 aromatic rings. The van der Waals surface area contributed by atoms with E-state index >= 15 is 0 Å². The van der Waals surface area contributed by atoms with Gasteiger partial charge in [-0.2, -0.15) is 0 Å². The Morgan fingerprint density at radius 1 is 1.26 bits per heavy atom. The number of primary amides is 1. The second kappa shape index (κ2) is 5.89. The van der Waals surface area contributed by atoms with E-state index in [2.05, 4.69) is 0 Å². The van der Waals surface area contributed by atoms with Crippen LogP contribution in [0.15, 0.2) is 42.5 Å². The Kier molecular flexibility index (Phi) is 3.92. The molecule has 1 aliphatic heterocycles. The third kappa shape index (κ3) is 2.85. The Balaban J connectivity index is 2.03. The number of anilines is 1. The second-order valence-corrected chi connectivity index (χ2v) is 5.45. The SMILES string of the molecule is NC(=O)[C@@H]1CN(C(=O)c2ccc(Cl)cc2F)c2ccccc2O1. The fourth-order valence-corrected chi connectivity index (χ4v) is 2.54. The molecule has 0 fully saturated rings. The summed E-state index contributed by atoms with van der Waals surface area (Å²) >= 11 is 5.71. The van der Waals surface area contributed by atoms with Crippen LogP contribution < -0.4 is 15.4 Å². The summed E-state index contributed by atoms with van der Waals surface area (Å²) in [7, 11) is 0. The van der Waals surface area contributed by atoms with Gasteiger partial charge in [-0.3, -0.25) is 9.59 Å². The van der Waals surface area contributed by atoms with Crippen LogP contribution in [0.4, 0.5) is 10.1 Å². The summed E-state index contributed by atoms with van der Waals surface area (Å²) in [5.41, 5.74) is 5.59. The number of para-hydroxylation sites is 2. The van der Waals surface area contributed by atoms with Crippen LogP contribution in [0.1, 0.15) is 10.4 Å². The van der Waals surface area contributed by atoms with Crippen LogP contribution in [-0.4, -0.2) is 24.5 Å². The van der Waals surface area contributed by atoms with Crippen LogP contribution in [0.5, 0.6) is 5.75 Å². The first kappa shape index (κ1) is 15.3. The number of halogens is 2. The van der Waals surface area contributed by atoms with E-state index in [4.69, 9.17) is 22.1 Å². The minimum absolute atomic E-state index is 0.0900. The lowest BCUT2D eigenvalue weighted by Gasteiger charge is -2.33. The van der Waals surface area contributed by atoms with Gasteiger partial charge in [0, 0.05) is 5.02 Å². The van der Waals surface area contributed by atoms with Gasteiger partial charge in [-0.15, -0.1) is 0 Å². The fraction of sp³-hybridized carbons (Fsp3) is 0.125. The standard InChI is InChI=1S/C16H12ClFN2O3/c17-9-5-6-10(11(18)7-9)16(22)20-8-14(15(19)21)23-13-4-2-1-3-12(13)20/h1-7,14H,8H2,(H2,19,21)/t14-/m0/s1. The maximum absolute atomic E-state index is 14.0. The van der Waals surface area contributed by atoms with E-state index in [0.29, 0.717) is 11.4 Å². The highest BCUT2D eigenvalue weighted by atomic mass is 35.5. The van der Waals surface area contributed by atoms with Crippen molar-refractivity contribution < 1.29 is 18.7 Å². The van der Waals surface area contributed by atoms with Gasteiger partial charge in [0.2, 0.25) is 0 Å². The van der Waals surface area contributed by atoms with Crippen molar-refractivity contribution in [1.82, 2.24) is 0 Å². The molecule has 7 heteroatoms.